The first-order valence-electron chi connectivity index (χ1n) is 7.57. The van der Waals surface area contributed by atoms with Crippen LogP contribution in [0.4, 0.5) is 5.69 Å². The molecule has 25 heavy (non-hydrogen) atoms. The Kier molecular flexibility index (Phi) is 6.52. The van der Waals surface area contributed by atoms with Crippen molar-refractivity contribution >= 4 is 27.5 Å². The number of carbonyl (C=O) groups is 1. The van der Waals surface area contributed by atoms with Crippen LogP contribution in [0.1, 0.15) is 17.3 Å². The van der Waals surface area contributed by atoms with Crippen LogP contribution in [0.15, 0.2) is 34.8 Å². The highest BCUT2D eigenvalue weighted by atomic mass is 79.9. The molecular weight excluding hydrogens is 390 g/mol. The third-order valence-electron chi connectivity index (χ3n) is 3.39. The Bertz CT molecular complexity index is 741. The second-order valence-electron chi connectivity index (χ2n) is 4.98. The molecule has 1 amide bonds. The number of benzene rings is 2. The van der Waals surface area contributed by atoms with E-state index in [1.165, 1.54) is 7.11 Å². The summed E-state index contributed by atoms with van der Waals surface area (Å²) in [6.07, 6.45) is 0. The van der Waals surface area contributed by atoms with E-state index < -0.39 is 0 Å². The van der Waals surface area contributed by atoms with Crippen molar-refractivity contribution in [2.24, 2.45) is 0 Å². The van der Waals surface area contributed by atoms with Gasteiger partial charge >= 0.3 is 0 Å². The Hall–Kier alpha value is -2.41. The molecule has 0 aliphatic carbocycles. The molecule has 0 saturated heterocycles. The minimum Gasteiger partial charge on any atom is -0.497 e. The maximum Gasteiger partial charge on any atom is 0.255 e. The molecule has 2 aromatic rings. The first-order valence-corrected chi connectivity index (χ1v) is 8.36. The standard InChI is InChI=1S/C18H20BrNO5/c1-5-25-17-15(19)6-11(7-16(17)24-4)18(21)20-12-8-13(22-2)10-14(9-12)23-3/h6-10H,5H2,1-4H3,(H,20,21). The highest BCUT2D eigenvalue weighted by Gasteiger charge is 2.16. The van der Waals surface area contributed by atoms with Crippen molar-refractivity contribution in [1.82, 2.24) is 0 Å². The van der Waals surface area contributed by atoms with E-state index in [-0.39, 0.29) is 5.91 Å². The summed E-state index contributed by atoms with van der Waals surface area (Å²) in [6.45, 7) is 2.37. The number of anilines is 1. The molecule has 2 aromatic carbocycles. The van der Waals surface area contributed by atoms with Crippen molar-refractivity contribution in [3.63, 3.8) is 0 Å². The van der Waals surface area contributed by atoms with Gasteiger partial charge in [-0.15, -0.1) is 0 Å². The number of ether oxygens (including phenoxy) is 4. The fourth-order valence-electron chi connectivity index (χ4n) is 2.22. The first kappa shape index (κ1) is 18.9. The van der Waals surface area contributed by atoms with Crippen molar-refractivity contribution in [2.75, 3.05) is 33.3 Å². The zero-order chi connectivity index (χ0) is 18.4. The maximum absolute atomic E-state index is 12.6. The van der Waals surface area contributed by atoms with E-state index in [1.54, 1.807) is 44.6 Å². The van der Waals surface area contributed by atoms with Crippen LogP contribution in [0.5, 0.6) is 23.0 Å². The molecule has 0 saturated carbocycles. The van der Waals surface area contributed by atoms with Crippen LogP contribution in [0.2, 0.25) is 0 Å². The number of carbonyl (C=O) groups excluding carboxylic acids is 1. The summed E-state index contributed by atoms with van der Waals surface area (Å²) in [5, 5.41) is 2.82. The molecule has 0 heterocycles. The quantitative estimate of drug-likeness (QED) is 0.744. The summed E-state index contributed by atoms with van der Waals surface area (Å²) in [4.78, 5) is 12.6. The third-order valence-corrected chi connectivity index (χ3v) is 3.98. The van der Waals surface area contributed by atoms with Gasteiger partial charge in [-0.3, -0.25) is 4.79 Å². The second kappa shape index (κ2) is 8.62. The topological polar surface area (TPSA) is 66.0 Å². The Morgan fingerprint density at radius 3 is 2.16 bits per heavy atom. The predicted molar refractivity (Wildman–Crippen MR) is 99.4 cm³/mol. The molecule has 0 spiro atoms. The molecule has 0 fully saturated rings. The van der Waals surface area contributed by atoms with Crippen LogP contribution in [0.25, 0.3) is 0 Å². The molecule has 0 atom stereocenters. The van der Waals surface area contributed by atoms with Crippen molar-refractivity contribution in [3.05, 3.63) is 40.4 Å². The van der Waals surface area contributed by atoms with Gasteiger partial charge in [-0.1, -0.05) is 0 Å². The second-order valence-corrected chi connectivity index (χ2v) is 5.83. The zero-order valence-corrected chi connectivity index (χ0v) is 16.1. The van der Waals surface area contributed by atoms with Gasteiger partial charge in [0.1, 0.15) is 11.5 Å². The molecule has 0 aliphatic heterocycles. The fraction of sp³-hybridized carbons (Fsp3) is 0.278. The van der Waals surface area contributed by atoms with Crippen molar-refractivity contribution in [3.8, 4) is 23.0 Å². The van der Waals surface area contributed by atoms with Crippen LogP contribution in [-0.4, -0.2) is 33.8 Å². The van der Waals surface area contributed by atoms with E-state index in [4.69, 9.17) is 18.9 Å². The van der Waals surface area contributed by atoms with Gasteiger partial charge in [0.25, 0.3) is 5.91 Å². The van der Waals surface area contributed by atoms with Crippen LogP contribution in [0, 0.1) is 0 Å². The molecule has 1 N–H and O–H groups in total. The van der Waals surface area contributed by atoms with E-state index in [2.05, 4.69) is 21.2 Å². The number of rotatable bonds is 7. The SMILES string of the molecule is CCOc1c(Br)cc(C(=O)Nc2cc(OC)cc(OC)c2)cc1OC. The average Bonchev–Trinajstić information content (AvgIpc) is 2.62. The first-order chi connectivity index (χ1) is 12.0. The van der Waals surface area contributed by atoms with Gasteiger partial charge in [-0.25, -0.2) is 0 Å². The number of hydrogen-bond donors (Lipinski definition) is 1. The lowest BCUT2D eigenvalue weighted by Crippen LogP contribution is -2.12. The molecule has 6 nitrogen and oxygen atoms in total. The van der Waals surface area contributed by atoms with Gasteiger partial charge in [-0.05, 0) is 35.0 Å². The highest BCUT2D eigenvalue weighted by molar-refractivity contribution is 9.10. The minimum absolute atomic E-state index is 0.294. The average molecular weight is 410 g/mol. The van der Waals surface area contributed by atoms with E-state index in [9.17, 15) is 4.79 Å². The minimum atomic E-state index is -0.294. The number of halogens is 1. The van der Waals surface area contributed by atoms with Crippen LogP contribution in [-0.2, 0) is 0 Å². The molecule has 7 heteroatoms. The van der Waals surface area contributed by atoms with Gasteiger partial charge in [-0.2, -0.15) is 0 Å². The summed E-state index contributed by atoms with van der Waals surface area (Å²) in [5.74, 6) is 1.91. The van der Waals surface area contributed by atoms with Crippen molar-refractivity contribution < 1.29 is 23.7 Å². The number of hydrogen-bond acceptors (Lipinski definition) is 5. The molecule has 0 aliphatic rings. The van der Waals surface area contributed by atoms with E-state index >= 15 is 0 Å². The highest BCUT2D eigenvalue weighted by Crippen LogP contribution is 2.37. The number of nitrogens with one attached hydrogen (secondary N) is 1. The maximum atomic E-state index is 12.6. The molecule has 0 radical (unpaired) electrons. The Labute approximate surface area is 155 Å². The zero-order valence-electron chi connectivity index (χ0n) is 14.5. The molecule has 0 unspecified atom stereocenters. The summed E-state index contributed by atoms with van der Waals surface area (Å²) in [7, 11) is 4.63. The molecule has 134 valence electrons. The van der Waals surface area contributed by atoms with Gasteiger partial charge < -0.3 is 24.3 Å². The van der Waals surface area contributed by atoms with Gasteiger partial charge in [0.05, 0.1) is 32.4 Å². The Morgan fingerprint density at radius 2 is 1.64 bits per heavy atom. The summed E-state index contributed by atoms with van der Waals surface area (Å²) >= 11 is 3.41. The lowest BCUT2D eigenvalue weighted by molar-refractivity contribution is 0.102. The van der Waals surface area contributed by atoms with Gasteiger partial charge in [0.15, 0.2) is 11.5 Å². The molecule has 0 aromatic heterocycles. The van der Waals surface area contributed by atoms with Crippen LogP contribution >= 0.6 is 15.9 Å². The normalized spacial score (nSPS) is 10.1. The van der Waals surface area contributed by atoms with Crippen molar-refractivity contribution in [2.45, 2.75) is 6.92 Å². The lowest BCUT2D eigenvalue weighted by Gasteiger charge is -2.14. The van der Waals surface area contributed by atoms with Gasteiger partial charge in [0, 0.05) is 29.4 Å². The molecule has 2 rings (SSSR count). The Balaban J connectivity index is 2.31. The summed E-state index contributed by atoms with van der Waals surface area (Å²) in [5.41, 5.74) is 0.985. The van der Waals surface area contributed by atoms with Crippen LogP contribution in [0.3, 0.4) is 0 Å². The largest absolute Gasteiger partial charge is 0.497 e. The Morgan fingerprint density at radius 1 is 1.00 bits per heavy atom. The third kappa shape index (κ3) is 4.57. The molecule has 0 bridgehead atoms. The van der Waals surface area contributed by atoms with Crippen molar-refractivity contribution in [1.29, 1.82) is 0 Å². The number of methoxy groups -OCH3 is 3. The smallest absolute Gasteiger partial charge is 0.255 e. The summed E-state index contributed by atoms with van der Waals surface area (Å²) in [6, 6.07) is 8.46. The van der Waals surface area contributed by atoms with Crippen LogP contribution < -0.4 is 24.3 Å². The van der Waals surface area contributed by atoms with Gasteiger partial charge in [0.2, 0.25) is 0 Å². The predicted octanol–water partition coefficient (Wildman–Crippen LogP) is 4.13. The van der Waals surface area contributed by atoms with E-state index in [0.29, 0.717) is 45.3 Å². The lowest BCUT2D eigenvalue weighted by atomic mass is 10.1. The molecular formula is C18H20BrNO5. The van der Waals surface area contributed by atoms with E-state index in [1.807, 2.05) is 6.92 Å². The number of amides is 1. The van der Waals surface area contributed by atoms with E-state index in [0.717, 1.165) is 0 Å². The summed E-state index contributed by atoms with van der Waals surface area (Å²) < 4.78 is 21.9. The fourth-order valence-corrected chi connectivity index (χ4v) is 2.77. The monoisotopic (exact) mass is 409 g/mol.